The number of aliphatic hydroxyl groups is 1. The Morgan fingerprint density at radius 3 is 2.86 bits per heavy atom. The van der Waals surface area contributed by atoms with Crippen LogP contribution in [0.2, 0.25) is 0 Å². The van der Waals surface area contributed by atoms with E-state index in [-0.39, 0.29) is 5.76 Å². The van der Waals surface area contributed by atoms with Crippen molar-refractivity contribution in [2.45, 2.75) is 25.3 Å². The van der Waals surface area contributed by atoms with Crippen molar-refractivity contribution in [2.75, 3.05) is 20.2 Å². The zero-order valence-corrected chi connectivity index (χ0v) is 8.32. The third-order valence-electron chi connectivity index (χ3n) is 2.84. The number of rotatable bonds is 2. The Kier molecular flexibility index (Phi) is 2.46. The van der Waals surface area contributed by atoms with Gasteiger partial charge in [0, 0.05) is 25.6 Å². The van der Waals surface area contributed by atoms with Crippen LogP contribution in [0.4, 0.5) is 0 Å². The van der Waals surface area contributed by atoms with Gasteiger partial charge >= 0.3 is 5.97 Å². The quantitative estimate of drug-likeness (QED) is 0.666. The molecule has 2 rings (SSSR count). The highest BCUT2D eigenvalue weighted by Crippen LogP contribution is 2.30. The molecule has 0 aromatic heterocycles. The normalized spacial score (nSPS) is 23.8. The minimum absolute atomic E-state index is 0.203. The van der Waals surface area contributed by atoms with Crippen LogP contribution in [0.3, 0.4) is 0 Å². The van der Waals surface area contributed by atoms with Gasteiger partial charge in [-0.1, -0.05) is 0 Å². The molecule has 1 heterocycles. The molecule has 14 heavy (non-hydrogen) atoms. The maximum Gasteiger partial charge on any atom is 0.338 e. The van der Waals surface area contributed by atoms with Gasteiger partial charge in [-0.05, 0) is 12.8 Å². The molecule has 0 radical (unpaired) electrons. The molecule has 0 amide bonds. The zero-order chi connectivity index (χ0) is 10.1. The van der Waals surface area contributed by atoms with Gasteiger partial charge in [-0.2, -0.15) is 0 Å². The highest BCUT2D eigenvalue weighted by atomic mass is 16.5. The summed E-state index contributed by atoms with van der Waals surface area (Å²) in [6, 6.07) is 0.628. The Labute approximate surface area is 83.2 Å². The molecule has 0 atom stereocenters. The third kappa shape index (κ3) is 1.75. The largest absolute Gasteiger partial charge is 0.512 e. The Bertz CT molecular complexity index is 281. The predicted molar refractivity (Wildman–Crippen MR) is 50.9 cm³/mol. The molecule has 2 aliphatic rings. The molecule has 1 saturated carbocycles. The van der Waals surface area contributed by atoms with Crippen LogP contribution in [0.15, 0.2) is 11.3 Å². The van der Waals surface area contributed by atoms with E-state index in [4.69, 9.17) is 0 Å². The highest BCUT2D eigenvalue weighted by molar-refractivity contribution is 5.89. The van der Waals surface area contributed by atoms with Gasteiger partial charge in [0.2, 0.25) is 0 Å². The van der Waals surface area contributed by atoms with Crippen LogP contribution in [0.1, 0.15) is 19.3 Å². The second-order valence-electron chi connectivity index (χ2n) is 3.87. The lowest BCUT2D eigenvalue weighted by atomic mass is 10.1. The number of ether oxygens (including phenoxy) is 1. The summed E-state index contributed by atoms with van der Waals surface area (Å²) in [5.41, 5.74) is 0.436. The topological polar surface area (TPSA) is 49.8 Å². The SMILES string of the molecule is COC(=O)C1=C(O)CCN(C2CC2)C1. The second-order valence-corrected chi connectivity index (χ2v) is 3.87. The fourth-order valence-corrected chi connectivity index (χ4v) is 1.83. The molecule has 78 valence electrons. The van der Waals surface area contributed by atoms with E-state index in [0.29, 0.717) is 24.6 Å². The van der Waals surface area contributed by atoms with Crippen molar-refractivity contribution in [3.63, 3.8) is 0 Å². The standard InChI is InChI=1S/C10H15NO3/c1-14-10(13)8-6-11(7-2-3-7)5-4-9(8)12/h7,12H,2-6H2,1H3. The fraction of sp³-hybridized carbons (Fsp3) is 0.700. The summed E-state index contributed by atoms with van der Waals surface area (Å²) in [4.78, 5) is 13.5. The maximum absolute atomic E-state index is 11.3. The molecule has 0 bridgehead atoms. The van der Waals surface area contributed by atoms with Crippen molar-refractivity contribution in [1.29, 1.82) is 0 Å². The van der Waals surface area contributed by atoms with Crippen molar-refractivity contribution in [1.82, 2.24) is 4.90 Å². The third-order valence-corrected chi connectivity index (χ3v) is 2.84. The van der Waals surface area contributed by atoms with Gasteiger partial charge in [-0.25, -0.2) is 4.79 Å². The van der Waals surface area contributed by atoms with Crippen LogP contribution in [0.5, 0.6) is 0 Å². The molecule has 1 N–H and O–H groups in total. The molecule has 1 aliphatic heterocycles. The predicted octanol–water partition coefficient (Wildman–Crippen LogP) is 0.840. The van der Waals surface area contributed by atoms with Crippen LogP contribution in [-0.4, -0.2) is 42.2 Å². The van der Waals surface area contributed by atoms with E-state index < -0.39 is 5.97 Å². The van der Waals surface area contributed by atoms with Crippen LogP contribution in [0, 0.1) is 0 Å². The van der Waals surface area contributed by atoms with Gasteiger partial charge in [0.25, 0.3) is 0 Å². The summed E-state index contributed by atoms with van der Waals surface area (Å²) in [7, 11) is 1.35. The van der Waals surface area contributed by atoms with Crippen LogP contribution in [0.25, 0.3) is 0 Å². The van der Waals surface area contributed by atoms with E-state index in [2.05, 4.69) is 9.64 Å². The summed E-state index contributed by atoms with van der Waals surface area (Å²) < 4.78 is 4.63. The van der Waals surface area contributed by atoms with E-state index in [1.165, 1.54) is 20.0 Å². The van der Waals surface area contributed by atoms with E-state index in [1.54, 1.807) is 0 Å². The Balaban J connectivity index is 2.07. The molecule has 0 unspecified atom stereocenters. The number of carbonyl (C=O) groups excluding carboxylic acids is 1. The zero-order valence-electron chi connectivity index (χ0n) is 8.32. The van der Waals surface area contributed by atoms with Crippen LogP contribution < -0.4 is 0 Å². The van der Waals surface area contributed by atoms with Crippen molar-refractivity contribution >= 4 is 5.97 Å². The van der Waals surface area contributed by atoms with E-state index >= 15 is 0 Å². The number of esters is 1. The molecular weight excluding hydrogens is 182 g/mol. The first-order valence-electron chi connectivity index (χ1n) is 4.95. The van der Waals surface area contributed by atoms with Crippen molar-refractivity contribution in [3.8, 4) is 0 Å². The van der Waals surface area contributed by atoms with E-state index in [0.717, 1.165) is 6.54 Å². The number of hydrogen-bond donors (Lipinski definition) is 1. The summed E-state index contributed by atoms with van der Waals surface area (Å²) in [6.45, 7) is 1.40. The molecule has 1 aliphatic carbocycles. The van der Waals surface area contributed by atoms with Crippen molar-refractivity contribution < 1.29 is 14.6 Å². The lowest BCUT2D eigenvalue weighted by molar-refractivity contribution is -0.136. The molecule has 1 fully saturated rings. The Morgan fingerprint density at radius 1 is 1.57 bits per heavy atom. The van der Waals surface area contributed by atoms with Gasteiger partial charge in [0.1, 0.15) is 5.76 Å². The number of aliphatic hydroxyl groups excluding tert-OH is 1. The first kappa shape index (κ1) is 9.52. The lowest BCUT2D eigenvalue weighted by Crippen LogP contribution is -2.36. The average molecular weight is 197 g/mol. The second kappa shape index (κ2) is 3.61. The van der Waals surface area contributed by atoms with Gasteiger partial charge in [0.15, 0.2) is 0 Å². The highest BCUT2D eigenvalue weighted by Gasteiger charge is 2.34. The smallest absolute Gasteiger partial charge is 0.338 e. The molecule has 4 nitrogen and oxygen atoms in total. The molecule has 0 saturated heterocycles. The van der Waals surface area contributed by atoms with E-state index in [9.17, 15) is 9.90 Å². The minimum Gasteiger partial charge on any atom is -0.512 e. The fourth-order valence-electron chi connectivity index (χ4n) is 1.83. The molecule has 4 heteroatoms. The Hall–Kier alpha value is -1.03. The summed E-state index contributed by atoms with van der Waals surface area (Å²) >= 11 is 0. The average Bonchev–Trinajstić information content (AvgIpc) is 3.01. The minimum atomic E-state index is -0.396. The summed E-state index contributed by atoms with van der Waals surface area (Å²) in [6.07, 6.45) is 3.01. The number of carbonyl (C=O) groups is 1. The van der Waals surface area contributed by atoms with Crippen molar-refractivity contribution in [3.05, 3.63) is 11.3 Å². The molecular formula is C10H15NO3. The molecule has 0 spiro atoms. The number of methoxy groups -OCH3 is 1. The molecule has 0 aromatic rings. The van der Waals surface area contributed by atoms with Crippen molar-refractivity contribution in [2.24, 2.45) is 0 Å². The number of hydrogen-bond acceptors (Lipinski definition) is 4. The first-order chi connectivity index (χ1) is 6.72. The maximum atomic E-state index is 11.3. The number of nitrogens with zero attached hydrogens (tertiary/aromatic N) is 1. The first-order valence-corrected chi connectivity index (χ1v) is 4.95. The van der Waals surface area contributed by atoms with Gasteiger partial charge in [0.05, 0.1) is 12.7 Å². The summed E-state index contributed by atoms with van der Waals surface area (Å²) in [5.74, 6) is -0.193. The monoisotopic (exact) mass is 197 g/mol. The van der Waals surface area contributed by atoms with Gasteiger partial charge in [-0.15, -0.1) is 0 Å². The molecule has 0 aromatic carbocycles. The lowest BCUT2D eigenvalue weighted by Gasteiger charge is -2.27. The summed E-state index contributed by atoms with van der Waals surface area (Å²) in [5, 5.41) is 9.54. The van der Waals surface area contributed by atoms with Gasteiger partial charge < -0.3 is 9.84 Å². The Morgan fingerprint density at radius 2 is 2.29 bits per heavy atom. The van der Waals surface area contributed by atoms with E-state index in [1.807, 2.05) is 0 Å². The van der Waals surface area contributed by atoms with Crippen LogP contribution in [-0.2, 0) is 9.53 Å². The van der Waals surface area contributed by atoms with Crippen LogP contribution >= 0.6 is 0 Å². The van der Waals surface area contributed by atoms with Gasteiger partial charge in [-0.3, -0.25) is 4.90 Å².